The molecule has 1 fully saturated rings. The average Bonchev–Trinajstić information content (AvgIpc) is 2.82. The van der Waals surface area contributed by atoms with Crippen LogP contribution < -0.4 is 0 Å². The van der Waals surface area contributed by atoms with Gasteiger partial charge in [0.15, 0.2) is 0 Å². The van der Waals surface area contributed by atoms with Crippen LogP contribution in [0.5, 0.6) is 0 Å². The number of hydrogen-bond donors (Lipinski definition) is 0. The minimum atomic E-state index is 0.196. The van der Waals surface area contributed by atoms with Crippen LogP contribution in [0, 0.1) is 5.92 Å². The van der Waals surface area contributed by atoms with E-state index in [2.05, 4.69) is 45.7 Å². The number of ether oxygens (including phenoxy) is 2. The predicted octanol–water partition coefficient (Wildman–Crippen LogP) is 3.70. The molecule has 3 nitrogen and oxygen atoms in total. The van der Waals surface area contributed by atoms with Crippen LogP contribution in [-0.4, -0.2) is 44.9 Å². The normalized spacial score (nSPS) is 21.8. The van der Waals surface area contributed by atoms with Crippen molar-refractivity contribution in [3.8, 4) is 0 Å². The fraction of sp³-hybridized carbons (Fsp3) is 0.875. The lowest BCUT2D eigenvalue weighted by molar-refractivity contribution is 0.0234. The minimum absolute atomic E-state index is 0.196. The van der Waals surface area contributed by atoms with Crippen LogP contribution in [0.1, 0.15) is 47.0 Å². The predicted molar refractivity (Wildman–Crippen MR) is 82.4 cm³/mol. The largest absolute Gasteiger partial charge is 0.492 e. The first-order chi connectivity index (χ1) is 9.12. The van der Waals surface area contributed by atoms with Crippen LogP contribution >= 0.6 is 0 Å². The van der Waals surface area contributed by atoms with Crippen molar-refractivity contribution in [3.63, 3.8) is 0 Å². The third-order valence-corrected chi connectivity index (χ3v) is 3.19. The Morgan fingerprint density at radius 2 is 2.00 bits per heavy atom. The third kappa shape index (κ3) is 7.58. The highest BCUT2D eigenvalue weighted by molar-refractivity contribution is 5.01. The summed E-state index contributed by atoms with van der Waals surface area (Å²) in [5, 5.41) is 0. The zero-order chi connectivity index (χ0) is 14.7. The first-order valence-electron chi connectivity index (χ1n) is 7.63. The standard InChI is InChI=1S/C13H25NO2.C3H8/c1-5-12(10-15-4)16-13(6-2)11-7-8-14(3)9-11;1-3-2/h6,11-12H,5,7-10H2,1-4H3;3H2,1-2H3/b13-6+;. The van der Waals surface area contributed by atoms with Gasteiger partial charge in [-0.15, -0.1) is 0 Å². The van der Waals surface area contributed by atoms with Crippen molar-refractivity contribution in [2.24, 2.45) is 5.92 Å². The molecule has 0 bridgehead atoms. The van der Waals surface area contributed by atoms with Crippen LogP contribution in [-0.2, 0) is 9.47 Å². The van der Waals surface area contributed by atoms with E-state index < -0.39 is 0 Å². The summed E-state index contributed by atoms with van der Waals surface area (Å²) in [6.45, 7) is 11.4. The molecule has 1 heterocycles. The van der Waals surface area contributed by atoms with Gasteiger partial charge < -0.3 is 14.4 Å². The van der Waals surface area contributed by atoms with E-state index in [1.165, 1.54) is 19.4 Å². The van der Waals surface area contributed by atoms with Crippen LogP contribution in [0.15, 0.2) is 11.8 Å². The molecular weight excluding hydrogens is 238 g/mol. The van der Waals surface area contributed by atoms with Crippen molar-refractivity contribution in [1.29, 1.82) is 0 Å². The van der Waals surface area contributed by atoms with E-state index in [1.807, 2.05) is 0 Å². The SMILES string of the molecule is C/C=C(/OC(CC)COC)C1CCN(C)C1.CCC. The highest BCUT2D eigenvalue weighted by Gasteiger charge is 2.25. The van der Waals surface area contributed by atoms with Gasteiger partial charge in [0.05, 0.1) is 12.4 Å². The van der Waals surface area contributed by atoms with Gasteiger partial charge in [-0.2, -0.15) is 0 Å². The Morgan fingerprint density at radius 3 is 2.37 bits per heavy atom. The van der Waals surface area contributed by atoms with Gasteiger partial charge in [0.25, 0.3) is 0 Å². The summed E-state index contributed by atoms with van der Waals surface area (Å²) in [7, 11) is 3.89. The topological polar surface area (TPSA) is 21.7 Å². The number of rotatable bonds is 6. The maximum Gasteiger partial charge on any atom is 0.121 e. The summed E-state index contributed by atoms with van der Waals surface area (Å²) in [6.07, 6.45) is 5.76. The van der Waals surface area contributed by atoms with E-state index >= 15 is 0 Å². The van der Waals surface area contributed by atoms with E-state index in [9.17, 15) is 0 Å². The number of likely N-dealkylation sites (tertiary alicyclic amines) is 1. The maximum atomic E-state index is 6.03. The molecule has 0 spiro atoms. The lowest BCUT2D eigenvalue weighted by Crippen LogP contribution is -2.22. The molecule has 0 aliphatic carbocycles. The summed E-state index contributed by atoms with van der Waals surface area (Å²) in [4.78, 5) is 2.36. The maximum absolute atomic E-state index is 6.03. The van der Waals surface area contributed by atoms with Gasteiger partial charge in [0, 0.05) is 19.6 Å². The minimum Gasteiger partial charge on any atom is -0.492 e. The van der Waals surface area contributed by atoms with E-state index in [4.69, 9.17) is 9.47 Å². The molecule has 2 unspecified atom stereocenters. The van der Waals surface area contributed by atoms with Crippen LogP contribution in [0.25, 0.3) is 0 Å². The lowest BCUT2D eigenvalue weighted by atomic mass is 10.1. The van der Waals surface area contributed by atoms with Crippen molar-refractivity contribution in [2.75, 3.05) is 33.9 Å². The number of methoxy groups -OCH3 is 1. The zero-order valence-corrected chi connectivity index (χ0v) is 13.7. The molecule has 1 rings (SSSR count). The van der Waals surface area contributed by atoms with Gasteiger partial charge in [-0.3, -0.25) is 0 Å². The monoisotopic (exact) mass is 271 g/mol. The number of nitrogens with zero attached hydrogens (tertiary/aromatic N) is 1. The van der Waals surface area contributed by atoms with Crippen LogP contribution in [0.3, 0.4) is 0 Å². The molecule has 2 atom stereocenters. The van der Waals surface area contributed by atoms with Crippen molar-refractivity contribution in [2.45, 2.75) is 53.1 Å². The van der Waals surface area contributed by atoms with Gasteiger partial charge >= 0.3 is 0 Å². The fourth-order valence-corrected chi connectivity index (χ4v) is 2.18. The Bertz CT molecular complexity index is 241. The first kappa shape index (κ1) is 18.5. The van der Waals surface area contributed by atoms with Crippen molar-refractivity contribution >= 4 is 0 Å². The van der Waals surface area contributed by atoms with Crippen LogP contribution in [0.4, 0.5) is 0 Å². The molecule has 0 aromatic rings. The molecule has 1 aliphatic rings. The molecule has 1 aliphatic heterocycles. The Hall–Kier alpha value is -0.540. The molecule has 0 N–H and O–H groups in total. The summed E-state index contributed by atoms with van der Waals surface area (Å²) in [5.74, 6) is 1.72. The smallest absolute Gasteiger partial charge is 0.121 e. The van der Waals surface area contributed by atoms with Crippen molar-refractivity contribution in [3.05, 3.63) is 11.8 Å². The second-order valence-electron chi connectivity index (χ2n) is 5.25. The van der Waals surface area contributed by atoms with Gasteiger partial charge in [-0.1, -0.05) is 27.2 Å². The Morgan fingerprint density at radius 1 is 1.37 bits per heavy atom. The quantitative estimate of drug-likeness (QED) is 0.688. The van der Waals surface area contributed by atoms with Crippen molar-refractivity contribution in [1.82, 2.24) is 4.90 Å². The second-order valence-corrected chi connectivity index (χ2v) is 5.25. The molecule has 114 valence electrons. The molecule has 0 amide bonds. The van der Waals surface area contributed by atoms with Gasteiger partial charge in [0.2, 0.25) is 0 Å². The van der Waals surface area contributed by atoms with Gasteiger partial charge in [-0.25, -0.2) is 0 Å². The summed E-state index contributed by atoms with van der Waals surface area (Å²) >= 11 is 0. The van der Waals surface area contributed by atoms with E-state index in [0.29, 0.717) is 12.5 Å². The molecule has 19 heavy (non-hydrogen) atoms. The molecule has 0 aromatic heterocycles. The molecule has 3 heteroatoms. The summed E-state index contributed by atoms with van der Waals surface area (Å²) < 4.78 is 11.2. The number of allylic oxidation sites excluding steroid dienone is 1. The highest BCUT2D eigenvalue weighted by atomic mass is 16.5. The first-order valence-corrected chi connectivity index (χ1v) is 7.63. The number of hydrogen-bond acceptors (Lipinski definition) is 3. The molecule has 0 aromatic carbocycles. The molecule has 0 radical (unpaired) electrons. The van der Waals surface area contributed by atoms with E-state index in [1.54, 1.807) is 7.11 Å². The average molecular weight is 271 g/mol. The zero-order valence-electron chi connectivity index (χ0n) is 13.7. The Labute approximate surface area is 120 Å². The second kappa shape index (κ2) is 11.3. The highest BCUT2D eigenvalue weighted by Crippen LogP contribution is 2.25. The van der Waals surface area contributed by atoms with Crippen LogP contribution in [0.2, 0.25) is 0 Å². The third-order valence-electron chi connectivity index (χ3n) is 3.19. The van der Waals surface area contributed by atoms with Crippen molar-refractivity contribution < 1.29 is 9.47 Å². The molecule has 1 saturated heterocycles. The Kier molecular flexibility index (Phi) is 11.0. The Balaban J connectivity index is 0.000000982. The molecular formula is C16H33NO2. The lowest BCUT2D eigenvalue weighted by Gasteiger charge is -2.22. The van der Waals surface area contributed by atoms with Gasteiger partial charge in [0.1, 0.15) is 6.10 Å². The van der Waals surface area contributed by atoms with Gasteiger partial charge in [-0.05, 0) is 39.4 Å². The molecule has 0 saturated carbocycles. The summed E-state index contributed by atoms with van der Waals surface area (Å²) in [6, 6.07) is 0. The van der Waals surface area contributed by atoms with E-state index in [-0.39, 0.29) is 6.10 Å². The fourth-order valence-electron chi connectivity index (χ4n) is 2.18. The summed E-state index contributed by atoms with van der Waals surface area (Å²) in [5.41, 5.74) is 0. The van der Waals surface area contributed by atoms with E-state index in [0.717, 1.165) is 18.7 Å².